The highest BCUT2D eigenvalue weighted by Crippen LogP contribution is 2.38. The Morgan fingerprint density at radius 3 is 2.76 bits per heavy atom. The van der Waals surface area contributed by atoms with E-state index < -0.39 is 11.9 Å². The molecule has 1 N–H and O–H groups in total. The molecule has 0 amide bonds. The van der Waals surface area contributed by atoms with Crippen LogP contribution in [0.25, 0.3) is 10.7 Å². The van der Waals surface area contributed by atoms with E-state index in [4.69, 9.17) is 0 Å². The molecule has 114 valence electrons. The second-order valence-electron chi connectivity index (χ2n) is 4.30. The standard InChI is InChI=1S/C13H13BrF3N3S/c1-2-5-18-7-9-11(13(15,16)17)20-12(21-9)10-8(14)4-3-6-19-10/h3-4,6,18H,2,5,7H2,1H3. The van der Waals surface area contributed by atoms with E-state index in [0.29, 0.717) is 16.7 Å². The zero-order chi connectivity index (χ0) is 15.5. The molecule has 2 heterocycles. The summed E-state index contributed by atoms with van der Waals surface area (Å²) in [5.74, 6) is 0. The van der Waals surface area contributed by atoms with E-state index in [1.165, 1.54) is 6.20 Å². The van der Waals surface area contributed by atoms with E-state index in [9.17, 15) is 13.2 Å². The molecule has 0 aliphatic carbocycles. The summed E-state index contributed by atoms with van der Waals surface area (Å²) in [6.07, 6.45) is -2.07. The quantitative estimate of drug-likeness (QED) is 0.777. The van der Waals surface area contributed by atoms with Crippen LogP contribution in [0.5, 0.6) is 0 Å². The first kappa shape index (κ1) is 16.4. The first-order chi connectivity index (χ1) is 9.93. The number of alkyl halides is 3. The minimum Gasteiger partial charge on any atom is -0.312 e. The average Bonchev–Trinajstić information content (AvgIpc) is 2.83. The van der Waals surface area contributed by atoms with Crippen LogP contribution in [0.2, 0.25) is 0 Å². The van der Waals surface area contributed by atoms with Crippen LogP contribution in [0.3, 0.4) is 0 Å². The maximum absolute atomic E-state index is 13.1. The number of hydrogen-bond donors (Lipinski definition) is 1. The Balaban J connectivity index is 2.38. The van der Waals surface area contributed by atoms with Gasteiger partial charge in [0.05, 0.1) is 4.88 Å². The highest BCUT2D eigenvalue weighted by atomic mass is 79.9. The van der Waals surface area contributed by atoms with Crippen molar-refractivity contribution < 1.29 is 13.2 Å². The van der Waals surface area contributed by atoms with Gasteiger partial charge in [-0.3, -0.25) is 4.98 Å². The Morgan fingerprint density at radius 2 is 2.14 bits per heavy atom. The summed E-state index contributed by atoms with van der Waals surface area (Å²) in [4.78, 5) is 8.03. The van der Waals surface area contributed by atoms with Crippen LogP contribution in [0.4, 0.5) is 13.2 Å². The topological polar surface area (TPSA) is 37.8 Å². The van der Waals surface area contributed by atoms with Crippen molar-refractivity contribution in [3.05, 3.63) is 33.4 Å². The van der Waals surface area contributed by atoms with Gasteiger partial charge in [0.2, 0.25) is 0 Å². The lowest BCUT2D eigenvalue weighted by molar-refractivity contribution is -0.141. The lowest BCUT2D eigenvalue weighted by Crippen LogP contribution is -2.17. The molecule has 0 spiro atoms. The van der Waals surface area contributed by atoms with Gasteiger partial charge in [0.1, 0.15) is 10.7 Å². The van der Waals surface area contributed by atoms with Crippen molar-refractivity contribution in [2.45, 2.75) is 26.1 Å². The minimum atomic E-state index is -4.46. The van der Waals surface area contributed by atoms with Crippen molar-refractivity contribution in [3.63, 3.8) is 0 Å². The van der Waals surface area contributed by atoms with Gasteiger partial charge in [-0.25, -0.2) is 4.98 Å². The SMILES string of the molecule is CCCNCc1sc(-c2ncccc2Br)nc1C(F)(F)F. The first-order valence-electron chi connectivity index (χ1n) is 6.32. The summed E-state index contributed by atoms with van der Waals surface area (Å²) in [5, 5.41) is 3.25. The van der Waals surface area contributed by atoms with Crippen LogP contribution in [0.15, 0.2) is 22.8 Å². The predicted octanol–water partition coefficient (Wildman–Crippen LogP) is 4.49. The second-order valence-corrected chi connectivity index (χ2v) is 6.24. The Kier molecular flexibility index (Phi) is 5.34. The zero-order valence-corrected chi connectivity index (χ0v) is 13.6. The molecule has 0 atom stereocenters. The number of nitrogens with one attached hydrogen (secondary N) is 1. The highest BCUT2D eigenvalue weighted by molar-refractivity contribution is 9.10. The predicted molar refractivity (Wildman–Crippen MR) is 80.0 cm³/mol. The fourth-order valence-corrected chi connectivity index (χ4v) is 3.35. The minimum absolute atomic E-state index is 0.158. The van der Waals surface area contributed by atoms with Gasteiger partial charge in [-0.05, 0) is 41.0 Å². The van der Waals surface area contributed by atoms with Gasteiger partial charge in [0.15, 0.2) is 5.69 Å². The van der Waals surface area contributed by atoms with Crippen LogP contribution < -0.4 is 5.32 Å². The third-order valence-electron chi connectivity index (χ3n) is 2.64. The summed E-state index contributed by atoms with van der Waals surface area (Å²) >= 11 is 4.31. The monoisotopic (exact) mass is 379 g/mol. The summed E-state index contributed by atoms with van der Waals surface area (Å²) in [6.45, 7) is 2.78. The zero-order valence-electron chi connectivity index (χ0n) is 11.2. The normalized spacial score (nSPS) is 11.9. The van der Waals surface area contributed by atoms with E-state index in [1.54, 1.807) is 12.1 Å². The smallest absolute Gasteiger partial charge is 0.312 e. The van der Waals surface area contributed by atoms with Crippen LogP contribution >= 0.6 is 27.3 Å². The van der Waals surface area contributed by atoms with Gasteiger partial charge in [0, 0.05) is 17.2 Å². The molecule has 0 aromatic carbocycles. The van der Waals surface area contributed by atoms with Crippen LogP contribution in [0, 0.1) is 0 Å². The number of rotatable bonds is 5. The van der Waals surface area contributed by atoms with Crippen molar-refractivity contribution in [1.29, 1.82) is 0 Å². The van der Waals surface area contributed by atoms with E-state index in [2.05, 4.69) is 31.2 Å². The molecule has 0 bridgehead atoms. The van der Waals surface area contributed by atoms with E-state index >= 15 is 0 Å². The Morgan fingerprint density at radius 1 is 1.38 bits per heavy atom. The van der Waals surface area contributed by atoms with Crippen molar-refractivity contribution in [2.24, 2.45) is 0 Å². The van der Waals surface area contributed by atoms with Gasteiger partial charge in [-0.1, -0.05) is 6.92 Å². The van der Waals surface area contributed by atoms with E-state index in [-0.39, 0.29) is 16.4 Å². The maximum Gasteiger partial charge on any atom is 0.434 e. The van der Waals surface area contributed by atoms with Gasteiger partial charge in [-0.15, -0.1) is 11.3 Å². The Labute approximate surface area is 132 Å². The molecule has 2 aromatic rings. The number of halogens is 4. The van der Waals surface area contributed by atoms with Crippen molar-refractivity contribution in [3.8, 4) is 10.7 Å². The fourth-order valence-electron chi connectivity index (χ4n) is 1.72. The maximum atomic E-state index is 13.1. The van der Waals surface area contributed by atoms with Crippen LogP contribution in [0.1, 0.15) is 23.9 Å². The molecule has 8 heteroatoms. The lowest BCUT2D eigenvalue weighted by atomic mass is 10.3. The first-order valence-corrected chi connectivity index (χ1v) is 7.93. The third-order valence-corrected chi connectivity index (χ3v) is 4.34. The summed E-state index contributed by atoms with van der Waals surface area (Å²) in [7, 11) is 0. The van der Waals surface area contributed by atoms with Gasteiger partial charge in [-0.2, -0.15) is 13.2 Å². The largest absolute Gasteiger partial charge is 0.434 e. The van der Waals surface area contributed by atoms with Gasteiger partial charge < -0.3 is 5.32 Å². The number of nitrogens with zero attached hydrogens (tertiary/aromatic N) is 2. The molecule has 0 unspecified atom stereocenters. The molecule has 2 rings (SSSR count). The molecule has 0 aliphatic rings. The highest BCUT2D eigenvalue weighted by Gasteiger charge is 2.37. The molecule has 0 saturated heterocycles. The molecule has 0 saturated carbocycles. The average molecular weight is 380 g/mol. The Bertz CT molecular complexity index is 613. The second kappa shape index (κ2) is 6.85. The number of hydrogen-bond acceptors (Lipinski definition) is 4. The number of aromatic nitrogens is 2. The van der Waals surface area contributed by atoms with Crippen LogP contribution in [-0.2, 0) is 12.7 Å². The molecule has 2 aromatic heterocycles. The van der Waals surface area contributed by atoms with Crippen molar-refractivity contribution >= 4 is 27.3 Å². The Hall–Kier alpha value is -0.990. The molecule has 21 heavy (non-hydrogen) atoms. The molecular weight excluding hydrogens is 367 g/mol. The molecular formula is C13H13BrF3N3S. The number of pyridine rings is 1. The summed E-state index contributed by atoms with van der Waals surface area (Å²) in [5.41, 5.74) is -0.404. The fraction of sp³-hybridized carbons (Fsp3) is 0.385. The lowest BCUT2D eigenvalue weighted by Gasteiger charge is -2.06. The molecule has 0 radical (unpaired) electrons. The van der Waals surface area contributed by atoms with Gasteiger partial charge in [0.25, 0.3) is 0 Å². The summed E-state index contributed by atoms with van der Waals surface area (Å²) < 4.78 is 39.8. The molecule has 3 nitrogen and oxygen atoms in total. The number of thiazole rings is 1. The van der Waals surface area contributed by atoms with E-state index in [0.717, 1.165) is 17.8 Å². The van der Waals surface area contributed by atoms with Crippen molar-refractivity contribution in [2.75, 3.05) is 6.54 Å². The third kappa shape index (κ3) is 4.02. The molecule has 0 fully saturated rings. The van der Waals surface area contributed by atoms with Gasteiger partial charge >= 0.3 is 6.18 Å². The van der Waals surface area contributed by atoms with Crippen LogP contribution in [-0.4, -0.2) is 16.5 Å². The summed E-state index contributed by atoms with van der Waals surface area (Å²) in [6, 6.07) is 3.43. The van der Waals surface area contributed by atoms with E-state index in [1.807, 2.05) is 6.92 Å². The molecule has 0 aliphatic heterocycles. The van der Waals surface area contributed by atoms with Crippen molar-refractivity contribution in [1.82, 2.24) is 15.3 Å².